The summed E-state index contributed by atoms with van der Waals surface area (Å²) in [5.41, 5.74) is 0.926. The van der Waals surface area contributed by atoms with E-state index in [0.717, 1.165) is 0 Å². The zero-order chi connectivity index (χ0) is 14.8. The predicted octanol–water partition coefficient (Wildman–Crippen LogP) is 0.696. The van der Waals surface area contributed by atoms with Gasteiger partial charge in [-0.3, -0.25) is 0 Å². The number of aromatic nitrogens is 2. The fourth-order valence-electron chi connectivity index (χ4n) is 1.57. The topological polar surface area (TPSA) is 104 Å². The van der Waals surface area contributed by atoms with Crippen LogP contribution >= 0.6 is 0 Å². The summed E-state index contributed by atoms with van der Waals surface area (Å²) in [7, 11) is -3.72. The van der Waals surface area contributed by atoms with Crippen LogP contribution in [0, 0.1) is 0 Å². The molecule has 0 aliphatic carbocycles. The van der Waals surface area contributed by atoms with Gasteiger partial charge in [-0.1, -0.05) is 0 Å². The lowest BCUT2D eigenvalue weighted by atomic mass is 10.3. The average molecular weight is 295 g/mol. The number of esters is 1. The van der Waals surface area contributed by atoms with Crippen LogP contribution in [-0.4, -0.2) is 30.8 Å². The minimum Gasteiger partial charge on any atom is -0.462 e. The van der Waals surface area contributed by atoms with Gasteiger partial charge in [0.15, 0.2) is 0 Å². The first-order valence-electron chi connectivity index (χ1n) is 5.77. The number of nitrogens with two attached hydrogens (primary N) is 1. The van der Waals surface area contributed by atoms with E-state index in [4.69, 9.17) is 9.88 Å². The fourth-order valence-corrected chi connectivity index (χ4v) is 2.09. The highest BCUT2D eigenvalue weighted by molar-refractivity contribution is 7.89. The highest BCUT2D eigenvalue weighted by atomic mass is 32.2. The molecule has 0 fully saturated rings. The van der Waals surface area contributed by atoms with E-state index in [1.165, 1.54) is 29.2 Å². The van der Waals surface area contributed by atoms with Gasteiger partial charge >= 0.3 is 5.97 Å². The molecule has 2 aromatic rings. The molecule has 0 aliphatic heterocycles. The normalized spacial score (nSPS) is 11.3. The third-order valence-corrected chi connectivity index (χ3v) is 3.45. The third kappa shape index (κ3) is 3.03. The van der Waals surface area contributed by atoms with Crippen LogP contribution in [-0.2, 0) is 14.8 Å². The minimum absolute atomic E-state index is 0.0130. The Hall–Kier alpha value is -2.19. The molecular weight excluding hydrogens is 282 g/mol. The maximum atomic E-state index is 11.5. The van der Waals surface area contributed by atoms with Gasteiger partial charge in [0.1, 0.15) is 0 Å². The zero-order valence-electron chi connectivity index (χ0n) is 10.7. The van der Waals surface area contributed by atoms with E-state index in [2.05, 4.69) is 5.10 Å². The number of benzene rings is 1. The minimum atomic E-state index is -3.72. The molecule has 2 rings (SSSR count). The van der Waals surface area contributed by atoms with Crippen molar-refractivity contribution in [2.24, 2.45) is 5.14 Å². The van der Waals surface area contributed by atoms with Crippen LogP contribution in [0.15, 0.2) is 41.6 Å². The summed E-state index contributed by atoms with van der Waals surface area (Å²) in [4.78, 5) is 11.5. The Labute approximate surface area is 116 Å². The molecule has 0 spiro atoms. The maximum Gasteiger partial charge on any atom is 0.341 e. The molecular formula is C12H13N3O4S. The second kappa shape index (κ2) is 5.43. The summed E-state index contributed by atoms with van der Waals surface area (Å²) in [5.74, 6) is -0.458. The Balaban J connectivity index is 2.27. The number of carbonyl (C=O) groups excluding carboxylic acids is 1. The molecule has 0 radical (unpaired) electrons. The van der Waals surface area contributed by atoms with E-state index in [-0.39, 0.29) is 11.5 Å². The van der Waals surface area contributed by atoms with Crippen molar-refractivity contribution in [1.29, 1.82) is 0 Å². The molecule has 0 atom stereocenters. The van der Waals surface area contributed by atoms with Crippen molar-refractivity contribution >= 4 is 16.0 Å². The SMILES string of the molecule is CCOC(=O)c1cnn(-c2ccc(S(N)(=O)=O)cc2)c1. The highest BCUT2D eigenvalue weighted by Crippen LogP contribution is 2.13. The Kier molecular flexibility index (Phi) is 3.86. The Bertz CT molecular complexity index is 719. The van der Waals surface area contributed by atoms with E-state index < -0.39 is 16.0 Å². The molecule has 0 amide bonds. The summed E-state index contributed by atoms with van der Waals surface area (Å²) in [6.07, 6.45) is 2.88. The molecule has 20 heavy (non-hydrogen) atoms. The standard InChI is InChI=1S/C12H13N3O4S/c1-2-19-12(16)9-7-14-15(8-9)10-3-5-11(6-4-10)20(13,17)18/h3-8H,2H2,1H3,(H2,13,17,18). The molecule has 0 saturated carbocycles. The molecule has 8 heteroatoms. The summed E-state index contributed by atoms with van der Waals surface area (Å²) >= 11 is 0. The number of ether oxygens (including phenoxy) is 1. The second-order valence-corrected chi connectivity index (χ2v) is 5.49. The van der Waals surface area contributed by atoms with Gasteiger partial charge in [-0.25, -0.2) is 23.0 Å². The lowest BCUT2D eigenvalue weighted by Crippen LogP contribution is -2.12. The number of hydrogen-bond donors (Lipinski definition) is 1. The van der Waals surface area contributed by atoms with E-state index in [0.29, 0.717) is 11.3 Å². The molecule has 1 aromatic carbocycles. The van der Waals surface area contributed by atoms with Crippen molar-refractivity contribution in [3.8, 4) is 5.69 Å². The number of nitrogens with zero attached hydrogens (tertiary/aromatic N) is 2. The van der Waals surface area contributed by atoms with Crippen LogP contribution in [0.25, 0.3) is 5.69 Å². The van der Waals surface area contributed by atoms with E-state index in [9.17, 15) is 13.2 Å². The highest BCUT2D eigenvalue weighted by Gasteiger charge is 2.11. The first-order valence-corrected chi connectivity index (χ1v) is 7.31. The van der Waals surface area contributed by atoms with Crippen molar-refractivity contribution in [3.63, 3.8) is 0 Å². The molecule has 106 valence electrons. The lowest BCUT2D eigenvalue weighted by molar-refractivity contribution is 0.0526. The molecule has 0 saturated heterocycles. The number of hydrogen-bond acceptors (Lipinski definition) is 5. The van der Waals surface area contributed by atoms with Crippen molar-refractivity contribution in [3.05, 3.63) is 42.2 Å². The molecule has 1 aromatic heterocycles. The van der Waals surface area contributed by atoms with Crippen LogP contribution in [0.5, 0.6) is 0 Å². The summed E-state index contributed by atoms with van der Waals surface area (Å²) in [5, 5.41) is 9.03. The third-order valence-electron chi connectivity index (χ3n) is 2.52. The van der Waals surface area contributed by atoms with Crippen LogP contribution < -0.4 is 5.14 Å². The molecule has 0 unspecified atom stereocenters. The molecule has 7 nitrogen and oxygen atoms in total. The Morgan fingerprint density at radius 2 is 2.00 bits per heavy atom. The quantitative estimate of drug-likeness (QED) is 0.836. The van der Waals surface area contributed by atoms with Gasteiger partial charge in [-0.2, -0.15) is 5.10 Å². The van der Waals surface area contributed by atoms with Gasteiger partial charge in [0.25, 0.3) is 0 Å². The second-order valence-electron chi connectivity index (χ2n) is 3.93. The summed E-state index contributed by atoms with van der Waals surface area (Å²) < 4.78 is 28.6. The largest absolute Gasteiger partial charge is 0.462 e. The molecule has 0 aliphatic rings. The lowest BCUT2D eigenvalue weighted by Gasteiger charge is -2.02. The van der Waals surface area contributed by atoms with Gasteiger partial charge < -0.3 is 4.74 Å². The Morgan fingerprint density at radius 1 is 1.35 bits per heavy atom. The van der Waals surface area contributed by atoms with Crippen LogP contribution in [0.3, 0.4) is 0 Å². The van der Waals surface area contributed by atoms with Crippen molar-refractivity contribution < 1.29 is 17.9 Å². The smallest absolute Gasteiger partial charge is 0.341 e. The first kappa shape index (κ1) is 14.2. The van der Waals surface area contributed by atoms with Gasteiger partial charge in [-0.15, -0.1) is 0 Å². The molecule has 2 N–H and O–H groups in total. The van der Waals surface area contributed by atoms with Crippen LogP contribution in [0.2, 0.25) is 0 Å². The van der Waals surface area contributed by atoms with E-state index >= 15 is 0 Å². The number of primary sulfonamides is 1. The van der Waals surface area contributed by atoms with Gasteiger partial charge in [-0.05, 0) is 31.2 Å². The number of rotatable bonds is 4. The summed E-state index contributed by atoms with van der Waals surface area (Å²) in [6.45, 7) is 2.00. The summed E-state index contributed by atoms with van der Waals surface area (Å²) in [6, 6.07) is 5.83. The molecule has 1 heterocycles. The fraction of sp³-hybridized carbons (Fsp3) is 0.167. The average Bonchev–Trinajstić information content (AvgIpc) is 2.88. The maximum absolute atomic E-state index is 11.5. The Morgan fingerprint density at radius 3 is 2.55 bits per heavy atom. The van der Waals surface area contributed by atoms with Crippen LogP contribution in [0.1, 0.15) is 17.3 Å². The van der Waals surface area contributed by atoms with Crippen molar-refractivity contribution in [2.45, 2.75) is 11.8 Å². The van der Waals surface area contributed by atoms with Gasteiger partial charge in [0.05, 0.1) is 29.0 Å². The van der Waals surface area contributed by atoms with Gasteiger partial charge in [0, 0.05) is 6.20 Å². The van der Waals surface area contributed by atoms with E-state index in [1.54, 1.807) is 19.1 Å². The van der Waals surface area contributed by atoms with E-state index in [1.807, 2.05) is 0 Å². The predicted molar refractivity (Wildman–Crippen MR) is 70.9 cm³/mol. The molecule has 0 bridgehead atoms. The number of sulfonamides is 1. The number of carbonyl (C=O) groups is 1. The van der Waals surface area contributed by atoms with Gasteiger partial charge in [0.2, 0.25) is 10.0 Å². The van der Waals surface area contributed by atoms with Crippen LogP contribution in [0.4, 0.5) is 0 Å². The first-order chi connectivity index (χ1) is 9.41. The van der Waals surface area contributed by atoms with Crippen molar-refractivity contribution in [1.82, 2.24) is 9.78 Å². The van der Waals surface area contributed by atoms with Crippen molar-refractivity contribution in [2.75, 3.05) is 6.61 Å². The zero-order valence-corrected chi connectivity index (χ0v) is 11.5. The monoisotopic (exact) mass is 295 g/mol.